The molecule has 0 aliphatic carbocycles. The Hall–Kier alpha value is -2.95. The van der Waals surface area contributed by atoms with E-state index < -0.39 is 23.5 Å². The minimum atomic E-state index is -1.06. The topological polar surface area (TPSA) is 136 Å². The Morgan fingerprint density at radius 2 is 2.07 bits per heavy atom. The summed E-state index contributed by atoms with van der Waals surface area (Å²) >= 11 is 5.65. The average Bonchev–Trinajstić information content (AvgIpc) is 2.98. The zero-order valence-electron chi connectivity index (χ0n) is 14.7. The molecule has 12 heteroatoms. The third kappa shape index (κ3) is 5.76. The van der Waals surface area contributed by atoms with Gasteiger partial charge in [0.1, 0.15) is 5.75 Å². The van der Waals surface area contributed by atoms with Crippen molar-refractivity contribution in [2.24, 2.45) is 5.73 Å². The number of halogens is 3. The van der Waals surface area contributed by atoms with Crippen molar-refractivity contribution in [1.29, 1.82) is 0 Å². The summed E-state index contributed by atoms with van der Waals surface area (Å²) in [7, 11) is 0. The lowest BCUT2D eigenvalue weighted by atomic mass is 10.2. The van der Waals surface area contributed by atoms with E-state index in [4.69, 9.17) is 27.2 Å². The largest absolute Gasteiger partial charge is 0.481 e. The number of carbonyl (C=O) groups is 1. The fourth-order valence-electron chi connectivity index (χ4n) is 2.39. The SMILES string of the molecule is Cl.N[C@@H](CC(=O)O)Cn1nc(-c2ccc(Oc3ncc(Cl)cc3F)cc2)[nH]c1=O. The molecule has 0 unspecified atom stereocenters. The van der Waals surface area contributed by atoms with Gasteiger partial charge in [0, 0.05) is 17.8 Å². The maximum absolute atomic E-state index is 13.7. The molecule has 3 rings (SSSR count). The van der Waals surface area contributed by atoms with Gasteiger partial charge in [0.05, 0.1) is 18.0 Å². The lowest BCUT2D eigenvalue weighted by Crippen LogP contribution is -2.33. The van der Waals surface area contributed by atoms with Gasteiger partial charge in [-0.05, 0) is 30.3 Å². The van der Waals surface area contributed by atoms with E-state index in [0.717, 1.165) is 10.7 Å². The van der Waals surface area contributed by atoms with Gasteiger partial charge >= 0.3 is 11.7 Å². The first-order valence-electron chi connectivity index (χ1n) is 8.05. The second-order valence-corrected chi connectivity index (χ2v) is 6.32. The standard InChI is InChI=1S/C17H15ClFN5O4.ClH/c18-10-5-13(19)16(21-7-10)28-12-3-1-9(2-4-12)15-22-17(27)24(23-15)8-11(20)6-14(25)26;/h1-5,7,11H,6,8,20H2,(H,25,26)(H,22,23,27);1H/t11-;/m0./s1. The molecule has 0 amide bonds. The Balaban J connectivity index is 0.00000300. The minimum Gasteiger partial charge on any atom is -0.481 e. The summed E-state index contributed by atoms with van der Waals surface area (Å²) in [4.78, 5) is 29.0. The maximum Gasteiger partial charge on any atom is 0.343 e. The van der Waals surface area contributed by atoms with Gasteiger partial charge in [-0.3, -0.25) is 9.78 Å². The smallest absolute Gasteiger partial charge is 0.343 e. The van der Waals surface area contributed by atoms with E-state index in [1.807, 2.05) is 0 Å². The van der Waals surface area contributed by atoms with E-state index in [0.29, 0.717) is 11.3 Å². The van der Waals surface area contributed by atoms with Crippen LogP contribution in [0.4, 0.5) is 4.39 Å². The molecule has 154 valence electrons. The zero-order valence-corrected chi connectivity index (χ0v) is 16.3. The normalized spacial score (nSPS) is 11.6. The van der Waals surface area contributed by atoms with Crippen LogP contribution in [0.25, 0.3) is 11.4 Å². The molecule has 1 atom stereocenters. The van der Waals surface area contributed by atoms with E-state index in [1.54, 1.807) is 24.3 Å². The highest BCUT2D eigenvalue weighted by Crippen LogP contribution is 2.25. The van der Waals surface area contributed by atoms with E-state index in [-0.39, 0.29) is 42.1 Å². The number of rotatable bonds is 7. The number of carboxylic acid groups (broad SMARTS) is 1. The number of carboxylic acids is 1. The van der Waals surface area contributed by atoms with Gasteiger partial charge in [-0.15, -0.1) is 17.5 Å². The third-order valence-corrected chi connectivity index (χ3v) is 3.85. The lowest BCUT2D eigenvalue weighted by Gasteiger charge is -2.07. The minimum absolute atomic E-state index is 0. The summed E-state index contributed by atoms with van der Waals surface area (Å²) in [6.07, 6.45) is 0.983. The molecule has 1 aromatic carbocycles. The molecule has 0 aliphatic rings. The first-order chi connectivity index (χ1) is 13.3. The van der Waals surface area contributed by atoms with Crippen molar-refractivity contribution in [2.75, 3.05) is 0 Å². The average molecular weight is 444 g/mol. The van der Waals surface area contributed by atoms with Crippen molar-refractivity contribution in [1.82, 2.24) is 19.7 Å². The second kappa shape index (κ2) is 9.50. The first kappa shape index (κ1) is 22.3. The van der Waals surface area contributed by atoms with Gasteiger partial charge in [0.2, 0.25) is 0 Å². The molecular weight excluding hydrogens is 428 g/mol. The Morgan fingerprint density at radius 3 is 2.69 bits per heavy atom. The molecule has 3 aromatic rings. The lowest BCUT2D eigenvalue weighted by molar-refractivity contribution is -0.137. The van der Waals surface area contributed by atoms with E-state index in [1.165, 1.54) is 6.20 Å². The van der Waals surface area contributed by atoms with Gasteiger partial charge in [0.25, 0.3) is 5.88 Å². The third-order valence-electron chi connectivity index (χ3n) is 3.64. The predicted octanol–water partition coefficient (Wildman–Crippen LogP) is 2.44. The van der Waals surface area contributed by atoms with Crippen LogP contribution in [-0.2, 0) is 11.3 Å². The monoisotopic (exact) mass is 443 g/mol. The summed E-state index contributed by atoms with van der Waals surface area (Å²) in [5.41, 5.74) is 5.74. The van der Waals surface area contributed by atoms with Gasteiger partial charge in [-0.2, -0.15) is 0 Å². The number of pyridine rings is 1. The molecule has 0 saturated carbocycles. The van der Waals surface area contributed by atoms with Gasteiger partial charge in [0.15, 0.2) is 11.6 Å². The number of ether oxygens (including phenoxy) is 1. The summed E-state index contributed by atoms with van der Waals surface area (Å²) in [5, 5.41) is 13.0. The summed E-state index contributed by atoms with van der Waals surface area (Å²) < 4.78 is 20.2. The number of nitrogens with two attached hydrogens (primary N) is 1. The van der Waals surface area contributed by atoms with Crippen molar-refractivity contribution in [3.63, 3.8) is 0 Å². The Bertz CT molecular complexity index is 1050. The molecule has 2 heterocycles. The van der Waals surface area contributed by atoms with E-state index in [9.17, 15) is 14.0 Å². The number of aliphatic carboxylic acids is 1. The molecular formula is C17H16Cl2FN5O4. The Labute approximate surface area is 174 Å². The van der Waals surface area contributed by atoms with Crippen molar-refractivity contribution < 1.29 is 19.0 Å². The van der Waals surface area contributed by atoms with Crippen LogP contribution >= 0.6 is 24.0 Å². The van der Waals surface area contributed by atoms with Crippen LogP contribution in [-0.4, -0.2) is 36.9 Å². The molecule has 0 spiro atoms. The highest BCUT2D eigenvalue weighted by molar-refractivity contribution is 6.30. The number of hydrogen-bond donors (Lipinski definition) is 3. The van der Waals surface area contributed by atoms with Crippen LogP contribution in [0.15, 0.2) is 41.3 Å². The molecule has 0 saturated heterocycles. The molecule has 0 fully saturated rings. The van der Waals surface area contributed by atoms with Crippen molar-refractivity contribution in [3.05, 3.63) is 57.9 Å². The Morgan fingerprint density at radius 1 is 1.38 bits per heavy atom. The number of nitrogens with one attached hydrogen (secondary N) is 1. The number of H-pyrrole nitrogens is 1. The zero-order chi connectivity index (χ0) is 20.3. The molecule has 0 radical (unpaired) electrons. The van der Waals surface area contributed by atoms with E-state index >= 15 is 0 Å². The number of hydrogen-bond acceptors (Lipinski definition) is 6. The summed E-state index contributed by atoms with van der Waals surface area (Å²) in [6.45, 7) is -0.0374. The van der Waals surface area contributed by atoms with Crippen LogP contribution < -0.4 is 16.2 Å². The summed E-state index contributed by atoms with van der Waals surface area (Å²) in [6, 6.07) is 6.68. The summed E-state index contributed by atoms with van der Waals surface area (Å²) in [5.74, 6) is -1.38. The van der Waals surface area contributed by atoms with Crippen LogP contribution in [0, 0.1) is 5.82 Å². The first-order valence-corrected chi connectivity index (χ1v) is 8.43. The van der Waals surface area contributed by atoms with Gasteiger partial charge < -0.3 is 15.6 Å². The maximum atomic E-state index is 13.7. The highest BCUT2D eigenvalue weighted by Gasteiger charge is 2.14. The number of benzene rings is 1. The molecule has 4 N–H and O–H groups in total. The van der Waals surface area contributed by atoms with Crippen molar-refractivity contribution in [2.45, 2.75) is 19.0 Å². The van der Waals surface area contributed by atoms with Crippen LogP contribution in [0.3, 0.4) is 0 Å². The second-order valence-electron chi connectivity index (χ2n) is 5.89. The highest BCUT2D eigenvalue weighted by atomic mass is 35.5. The van der Waals surface area contributed by atoms with Crippen molar-refractivity contribution in [3.8, 4) is 23.0 Å². The fraction of sp³-hybridized carbons (Fsp3) is 0.176. The quantitative estimate of drug-likeness (QED) is 0.509. The fourth-order valence-corrected chi connectivity index (χ4v) is 2.54. The predicted molar refractivity (Wildman–Crippen MR) is 105 cm³/mol. The number of aromatic nitrogens is 4. The van der Waals surface area contributed by atoms with Crippen LogP contribution in [0.1, 0.15) is 6.42 Å². The van der Waals surface area contributed by atoms with Crippen molar-refractivity contribution >= 4 is 30.0 Å². The molecule has 2 aromatic heterocycles. The number of aromatic amines is 1. The van der Waals surface area contributed by atoms with Crippen LogP contribution in [0.2, 0.25) is 5.02 Å². The molecule has 0 aliphatic heterocycles. The van der Waals surface area contributed by atoms with Crippen LogP contribution in [0.5, 0.6) is 11.6 Å². The molecule has 0 bridgehead atoms. The van der Waals surface area contributed by atoms with Gasteiger partial charge in [-0.1, -0.05) is 11.6 Å². The Kier molecular flexibility index (Phi) is 7.32. The molecule has 29 heavy (non-hydrogen) atoms. The molecule has 9 nitrogen and oxygen atoms in total. The van der Waals surface area contributed by atoms with E-state index in [2.05, 4.69) is 15.1 Å². The van der Waals surface area contributed by atoms with Gasteiger partial charge in [-0.25, -0.2) is 18.9 Å². The number of nitrogens with zero attached hydrogens (tertiary/aromatic N) is 3.